The Hall–Kier alpha value is -2.85. The molecule has 1 heterocycles. The Labute approximate surface area is 127 Å². The largest absolute Gasteiger partial charge is 0.441 e. The molecule has 0 bridgehead atoms. The van der Waals surface area contributed by atoms with Gasteiger partial charge in [0.15, 0.2) is 11.5 Å². The van der Waals surface area contributed by atoms with Crippen molar-refractivity contribution in [1.29, 1.82) is 5.26 Å². The molecule has 0 unspecified atom stereocenters. The molecule has 0 aliphatic rings. The molecule has 2 aromatic carbocycles. The van der Waals surface area contributed by atoms with E-state index in [1.54, 1.807) is 31.2 Å². The van der Waals surface area contributed by atoms with Crippen molar-refractivity contribution in [1.82, 2.24) is 4.98 Å². The van der Waals surface area contributed by atoms with Crippen LogP contribution in [-0.4, -0.2) is 13.4 Å². The lowest BCUT2D eigenvalue weighted by Crippen LogP contribution is -2.13. The van der Waals surface area contributed by atoms with Gasteiger partial charge in [0, 0.05) is 13.0 Å². The summed E-state index contributed by atoms with van der Waals surface area (Å²) in [5.74, 6) is 0.465. The van der Waals surface area contributed by atoms with Gasteiger partial charge in [-0.2, -0.15) is 5.26 Å². The van der Waals surface area contributed by atoms with E-state index in [2.05, 4.69) is 9.71 Å². The quantitative estimate of drug-likeness (QED) is 0.802. The average Bonchev–Trinajstić information content (AvgIpc) is 2.86. The Morgan fingerprint density at radius 1 is 1.23 bits per heavy atom. The fourth-order valence-corrected chi connectivity index (χ4v) is 3.16. The van der Waals surface area contributed by atoms with Gasteiger partial charge in [0.25, 0.3) is 10.0 Å². The first-order chi connectivity index (χ1) is 10.5. The van der Waals surface area contributed by atoms with Crippen LogP contribution in [0.3, 0.4) is 0 Å². The van der Waals surface area contributed by atoms with E-state index in [0.29, 0.717) is 17.0 Å². The lowest BCUT2D eigenvalue weighted by atomic mass is 10.2. The highest BCUT2D eigenvalue weighted by Gasteiger charge is 2.17. The van der Waals surface area contributed by atoms with Gasteiger partial charge in [0.05, 0.1) is 16.1 Å². The molecule has 0 aliphatic carbocycles. The number of nitrogens with one attached hydrogen (secondary N) is 1. The van der Waals surface area contributed by atoms with Gasteiger partial charge in [-0.05, 0) is 24.3 Å². The molecule has 0 fully saturated rings. The molecule has 1 N–H and O–H groups in total. The van der Waals surface area contributed by atoms with Gasteiger partial charge in [-0.3, -0.25) is 4.72 Å². The molecule has 0 saturated heterocycles. The average molecular weight is 313 g/mol. The third kappa shape index (κ3) is 2.52. The van der Waals surface area contributed by atoms with Gasteiger partial charge in [-0.15, -0.1) is 0 Å². The second-order valence-electron chi connectivity index (χ2n) is 4.63. The minimum atomic E-state index is -3.82. The number of hydrogen-bond donors (Lipinski definition) is 1. The van der Waals surface area contributed by atoms with Crippen LogP contribution < -0.4 is 4.72 Å². The van der Waals surface area contributed by atoms with Crippen LogP contribution in [0.15, 0.2) is 51.8 Å². The second kappa shape index (κ2) is 5.16. The van der Waals surface area contributed by atoms with Crippen molar-refractivity contribution in [2.45, 2.75) is 11.8 Å². The molecule has 7 heteroatoms. The van der Waals surface area contributed by atoms with Crippen LogP contribution in [0.4, 0.5) is 5.69 Å². The fraction of sp³-hybridized carbons (Fsp3) is 0.0667. The minimum absolute atomic E-state index is 0.0453. The van der Waals surface area contributed by atoms with Crippen LogP contribution in [0, 0.1) is 18.3 Å². The maximum Gasteiger partial charge on any atom is 0.262 e. The summed E-state index contributed by atoms with van der Waals surface area (Å²) >= 11 is 0. The van der Waals surface area contributed by atoms with Gasteiger partial charge < -0.3 is 4.42 Å². The van der Waals surface area contributed by atoms with Gasteiger partial charge >= 0.3 is 0 Å². The number of benzene rings is 2. The summed E-state index contributed by atoms with van der Waals surface area (Å²) < 4.78 is 32.6. The number of aryl methyl sites for hydroxylation is 1. The number of hydrogen-bond acceptors (Lipinski definition) is 5. The zero-order valence-electron chi connectivity index (χ0n) is 11.6. The van der Waals surface area contributed by atoms with Gasteiger partial charge in [0.2, 0.25) is 0 Å². The zero-order chi connectivity index (χ0) is 15.7. The second-order valence-corrected chi connectivity index (χ2v) is 6.31. The van der Waals surface area contributed by atoms with Crippen LogP contribution in [0.5, 0.6) is 0 Å². The molecule has 0 saturated carbocycles. The molecule has 6 nitrogen and oxygen atoms in total. The van der Waals surface area contributed by atoms with E-state index in [4.69, 9.17) is 9.68 Å². The lowest BCUT2D eigenvalue weighted by molar-refractivity contribution is 0.559. The standard InChI is InChI=1S/C15H11N3O3S/c1-10-17-14-7-6-12(8-15(14)21-10)22(19,20)18-13-5-3-2-4-11(13)9-16/h2-8,18H,1H3. The number of oxazole rings is 1. The first-order valence-corrected chi connectivity index (χ1v) is 7.87. The number of rotatable bonds is 3. The van der Waals surface area contributed by atoms with Crippen molar-refractivity contribution in [3.05, 3.63) is 53.9 Å². The molecular formula is C15H11N3O3S. The van der Waals surface area contributed by atoms with E-state index >= 15 is 0 Å². The van der Waals surface area contributed by atoms with Crippen molar-refractivity contribution in [2.75, 3.05) is 4.72 Å². The van der Waals surface area contributed by atoms with Crippen molar-refractivity contribution < 1.29 is 12.8 Å². The van der Waals surface area contributed by atoms with E-state index < -0.39 is 10.0 Å². The summed E-state index contributed by atoms with van der Waals surface area (Å²) in [6, 6.07) is 12.8. The van der Waals surface area contributed by atoms with Crippen molar-refractivity contribution in [3.8, 4) is 6.07 Å². The highest BCUT2D eigenvalue weighted by Crippen LogP contribution is 2.23. The molecule has 3 rings (SSSR count). The molecule has 3 aromatic rings. The predicted octanol–water partition coefficient (Wildman–Crippen LogP) is 2.81. The Kier molecular flexibility index (Phi) is 3.31. The van der Waals surface area contributed by atoms with E-state index in [-0.39, 0.29) is 16.1 Å². The maximum atomic E-state index is 12.4. The third-order valence-electron chi connectivity index (χ3n) is 3.07. The van der Waals surface area contributed by atoms with E-state index in [1.165, 1.54) is 18.2 Å². The van der Waals surface area contributed by atoms with Crippen LogP contribution in [-0.2, 0) is 10.0 Å². The summed E-state index contributed by atoms with van der Waals surface area (Å²) in [5.41, 5.74) is 1.48. The number of anilines is 1. The Bertz CT molecular complexity index is 1000. The highest BCUT2D eigenvalue weighted by molar-refractivity contribution is 7.92. The van der Waals surface area contributed by atoms with Crippen LogP contribution in [0.25, 0.3) is 11.1 Å². The summed E-state index contributed by atoms with van der Waals surface area (Å²) in [6.45, 7) is 1.69. The molecule has 0 atom stereocenters. The van der Waals surface area contributed by atoms with Gasteiger partial charge in [-0.1, -0.05) is 12.1 Å². The zero-order valence-corrected chi connectivity index (χ0v) is 12.4. The molecule has 1 aromatic heterocycles. The third-order valence-corrected chi connectivity index (χ3v) is 4.43. The Balaban J connectivity index is 2.02. The monoisotopic (exact) mass is 313 g/mol. The van der Waals surface area contributed by atoms with Crippen LogP contribution >= 0.6 is 0 Å². The molecule has 0 amide bonds. The van der Waals surface area contributed by atoms with Crippen molar-refractivity contribution in [3.63, 3.8) is 0 Å². The molecular weight excluding hydrogens is 302 g/mol. The van der Waals surface area contributed by atoms with Crippen LogP contribution in [0.1, 0.15) is 11.5 Å². The number of nitrogens with zero attached hydrogens (tertiary/aromatic N) is 2. The number of nitriles is 1. The van der Waals surface area contributed by atoms with E-state index in [0.717, 1.165) is 0 Å². The lowest BCUT2D eigenvalue weighted by Gasteiger charge is -2.09. The van der Waals surface area contributed by atoms with E-state index in [9.17, 15) is 8.42 Å². The number of para-hydroxylation sites is 1. The molecule has 110 valence electrons. The highest BCUT2D eigenvalue weighted by atomic mass is 32.2. The molecule has 0 spiro atoms. The topological polar surface area (TPSA) is 96.0 Å². The van der Waals surface area contributed by atoms with Gasteiger partial charge in [-0.25, -0.2) is 13.4 Å². The number of sulfonamides is 1. The Morgan fingerprint density at radius 2 is 2.00 bits per heavy atom. The van der Waals surface area contributed by atoms with Crippen molar-refractivity contribution >= 4 is 26.8 Å². The molecule has 22 heavy (non-hydrogen) atoms. The van der Waals surface area contributed by atoms with Crippen molar-refractivity contribution in [2.24, 2.45) is 0 Å². The SMILES string of the molecule is Cc1nc2ccc(S(=O)(=O)Nc3ccccc3C#N)cc2o1. The van der Waals surface area contributed by atoms with Crippen LogP contribution in [0.2, 0.25) is 0 Å². The summed E-state index contributed by atoms with van der Waals surface area (Å²) in [5, 5.41) is 9.02. The first kappa shape index (κ1) is 14.1. The summed E-state index contributed by atoms with van der Waals surface area (Å²) in [6.07, 6.45) is 0. The van der Waals surface area contributed by atoms with Gasteiger partial charge in [0.1, 0.15) is 11.6 Å². The number of fused-ring (bicyclic) bond motifs is 1. The Morgan fingerprint density at radius 3 is 2.77 bits per heavy atom. The summed E-state index contributed by atoms with van der Waals surface area (Å²) in [7, 11) is -3.82. The molecule has 0 radical (unpaired) electrons. The normalized spacial score (nSPS) is 11.3. The summed E-state index contributed by atoms with van der Waals surface area (Å²) in [4.78, 5) is 4.17. The predicted molar refractivity (Wildman–Crippen MR) is 80.7 cm³/mol. The fourth-order valence-electron chi connectivity index (χ4n) is 2.06. The minimum Gasteiger partial charge on any atom is -0.441 e. The maximum absolute atomic E-state index is 12.4. The molecule has 0 aliphatic heterocycles. The smallest absolute Gasteiger partial charge is 0.262 e. The van der Waals surface area contributed by atoms with E-state index in [1.807, 2.05) is 6.07 Å². The number of aromatic nitrogens is 1. The first-order valence-electron chi connectivity index (χ1n) is 6.39.